The van der Waals surface area contributed by atoms with Crippen molar-refractivity contribution in [3.63, 3.8) is 0 Å². The van der Waals surface area contributed by atoms with E-state index in [9.17, 15) is 4.21 Å². The smallest absolute Gasteiger partial charge is 0.276 e. The Labute approximate surface area is 42.5 Å². The van der Waals surface area contributed by atoms with Crippen molar-refractivity contribution in [1.82, 2.24) is 4.83 Å². The van der Waals surface area contributed by atoms with Gasteiger partial charge < -0.3 is 0 Å². The molecule has 2 N–H and O–H groups in total. The van der Waals surface area contributed by atoms with Crippen molar-refractivity contribution < 1.29 is 8.76 Å². The number of hydrogen-bond donors (Lipinski definition) is 2. The molecule has 6 heavy (non-hydrogen) atoms. The maximum absolute atomic E-state index is 9.44. The predicted octanol–water partition coefficient (Wildman–Crippen LogP) is -0.642. The molecule has 0 spiro atoms. The van der Waals surface area contributed by atoms with Crippen LogP contribution in [0.2, 0.25) is 0 Å². The Morgan fingerprint density at radius 2 is 2.50 bits per heavy atom. The molecule has 0 amide bonds. The van der Waals surface area contributed by atoms with Gasteiger partial charge in [0, 0.05) is 0 Å². The van der Waals surface area contributed by atoms with E-state index >= 15 is 0 Å². The molecule has 0 saturated carbocycles. The maximum Gasteiger partial charge on any atom is 0.276 e. The van der Waals surface area contributed by atoms with Crippen molar-refractivity contribution in [3.8, 4) is 0 Å². The van der Waals surface area contributed by atoms with E-state index < -0.39 is 11.3 Å². The summed E-state index contributed by atoms with van der Waals surface area (Å²) in [6.07, 6.45) is 0. The SMILES string of the molecule is O=S(O)NN=S. The topological polar surface area (TPSA) is 61.7 Å². The highest BCUT2D eigenvalue weighted by Gasteiger charge is 1.77. The third-order valence-electron chi connectivity index (χ3n) is 0.115. The minimum absolute atomic E-state index is 1.68. The summed E-state index contributed by atoms with van der Waals surface area (Å²) in [6, 6.07) is 0. The highest BCUT2D eigenvalue weighted by molar-refractivity contribution is 7.77. The molecule has 0 aliphatic heterocycles. The monoisotopic (exact) mass is 126 g/mol. The third-order valence-corrected chi connectivity index (χ3v) is 0.570. The molecule has 0 aromatic heterocycles. The average Bonchev–Trinajstić information content (AvgIpc) is 1.35. The molecule has 1 unspecified atom stereocenters. The summed E-state index contributed by atoms with van der Waals surface area (Å²) < 4.78 is 19.9. The van der Waals surface area contributed by atoms with Gasteiger partial charge in [0.05, 0.1) is 12.4 Å². The lowest BCUT2D eigenvalue weighted by atomic mass is 13.0. The molecule has 0 aromatic rings. The minimum atomic E-state index is -2.09. The van der Waals surface area contributed by atoms with Crippen molar-refractivity contribution in [1.29, 1.82) is 0 Å². The van der Waals surface area contributed by atoms with Gasteiger partial charge in [-0.25, -0.2) is 4.21 Å². The fraction of sp³-hybridized carbons (Fsp3) is 0. The molecular weight excluding hydrogens is 124 g/mol. The van der Waals surface area contributed by atoms with E-state index in [2.05, 4.69) is 16.9 Å². The first-order chi connectivity index (χ1) is 2.77. The van der Waals surface area contributed by atoms with E-state index in [4.69, 9.17) is 4.55 Å². The van der Waals surface area contributed by atoms with E-state index in [-0.39, 0.29) is 0 Å². The lowest BCUT2D eigenvalue weighted by Crippen LogP contribution is -2.05. The number of hydrogen-bond acceptors (Lipinski definition) is 3. The third kappa shape index (κ3) is 3.93. The molecule has 0 heterocycles. The van der Waals surface area contributed by atoms with Gasteiger partial charge in [-0.3, -0.25) is 4.55 Å². The van der Waals surface area contributed by atoms with Crippen LogP contribution < -0.4 is 4.83 Å². The molecule has 1 atom stereocenters. The van der Waals surface area contributed by atoms with E-state index in [1.54, 1.807) is 4.83 Å². The molecule has 0 bridgehead atoms. The molecule has 0 rings (SSSR count). The predicted molar refractivity (Wildman–Crippen MR) is 23.7 cm³/mol. The zero-order valence-corrected chi connectivity index (χ0v) is 4.25. The van der Waals surface area contributed by atoms with Gasteiger partial charge in [0.25, 0.3) is 11.3 Å². The normalized spacial score (nSPS) is 12.8. The van der Waals surface area contributed by atoms with Crippen LogP contribution in [0, 0.1) is 0 Å². The summed E-state index contributed by atoms with van der Waals surface area (Å²) >= 11 is 1.80. The van der Waals surface area contributed by atoms with Crippen molar-refractivity contribution >= 4 is 23.7 Å². The molecule has 6 heteroatoms. The molecule has 0 aliphatic carbocycles. The summed E-state index contributed by atoms with van der Waals surface area (Å²) in [7, 11) is 0. The Balaban J connectivity index is 3.05. The zero-order valence-electron chi connectivity index (χ0n) is 2.62. The first-order valence-electron chi connectivity index (χ1n) is 0.960. The minimum Gasteiger partial charge on any atom is -0.288 e. The van der Waals surface area contributed by atoms with E-state index in [0.717, 1.165) is 0 Å². The Morgan fingerprint density at radius 1 is 2.00 bits per heavy atom. The van der Waals surface area contributed by atoms with Gasteiger partial charge in [0.1, 0.15) is 0 Å². The lowest BCUT2D eigenvalue weighted by Gasteiger charge is -1.80. The molecule has 0 fully saturated rings. The summed E-state index contributed by atoms with van der Waals surface area (Å²) in [5.41, 5.74) is 0. The molecule has 0 aromatic carbocycles. The fourth-order valence-corrected chi connectivity index (χ4v) is 0.287. The van der Waals surface area contributed by atoms with Crippen LogP contribution >= 0.6 is 0 Å². The number of rotatable bonds is 2. The maximum atomic E-state index is 9.44. The summed E-state index contributed by atoms with van der Waals surface area (Å²) in [5.74, 6) is 0. The van der Waals surface area contributed by atoms with Crippen LogP contribution in [0.25, 0.3) is 0 Å². The number of nitrogens with one attached hydrogen (secondary N) is 1. The highest BCUT2D eigenvalue weighted by atomic mass is 32.2. The summed E-state index contributed by atoms with van der Waals surface area (Å²) in [6.45, 7) is 0. The standard InChI is InChI=1S/H2N2O2S2/c3-6(4)2-1-5/h(H,2,5)(H,3,4). The van der Waals surface area contributed by atoms with E-state index in [0.29, 0.717) is 0 Å². The van der Waals surface area contributed by atoms with Crippen molar-refractivity contribution in [2.75, 3.05) is 0 Å². The van der Waals surface area contributed by atoms with Crippen LogP contribution in [0.3, 0.4) is 0 Å². The Kier molecular flexibility index (Phi) is 3.10. The Bertz CT molecular complexity index is 69.9. The van der Waals surface area contributed by atoms with Gasteiger partial charge in [0.2, 0.25) is 0 Å². The summed E-state index contributed by atoms with van der Waals surface area (Å²) in [4.78, 5) is 1.68. The zero-order chi connectivity index (χ0) is 4.99. The molecule has 0 saturated heterocycles. The quantitative estimate of drug-likeness (QED) is 0.382. The second-order valence-electron chi connectivity index (χ2n) is 0.432. The Morgan fingerprint density at radius 3 is 2.50 bits per heavy atom. The van der Waals surface area contributed by atoms with Crippen molar-refractivity contribution in [3.05, 3.63) is 0 Å². The number of nitrogens with zero attached hydrogens (tertiary/aromatic N) is 1. The molecule has 4 nitrogen and oxygen atoms in total. The average molecular weight is 126 g/mol. The molecule has 36 valence electrons. The second kappa shape index (κ2) is 3.13. The van der Waals surface area contributed by atoms with Crippen molar-refractivity contribution in [2.24, 2.45) is 4.47 Å². The van der Waals surface area contributed by atoms with Crippen molar-refractivity contribution in [2.45, 2.75) is 0 Å². The van der Waals surface area contributed by atoms with Crippen LogP contribution in [-0.2, 0) is 23.7 Å². The van der Waals surface area contributed by atoms with Gasteiger partial charge in [0.15, 0.2) is 0 Å². The summed E-state index contributed by atoms with van der Waals surface area (Å²) in [5, 5.41) is 0. The van der Waals surface area contributed by atoms with Crippen LogP contribution in [0.4, 0.5) is 0 Å². The first kappa shape index (κ1) is 5.93. The Hall–Kier alpha value is -0.0700. The van der Waals surface area contributed by atoms with Gasteiger partial charge in [-0.1, -0.05) is 4.47 Å². The van der Waals surface area contributed by atoms with Gasteiger partial charge in [-0.2, -0.15) is 4.83 Å². The largest absolute Gasteiger partial charge is 0.288 e. The second-order valence-corrected chi connectivity index (χ2v) is 1.30. The lowest BCUT2D eigenvalue weighted by molar-refractivity contribution is 0.552. The molecular formula is H2N2O2S2. The van der Waals surface area contributed by atoms with Crippen LogP contribution in [0.5, 0.6) is 0 Å². The molecule has 0 radical (unpaired) electrons. The highest BCUT2D eigenvalue weighted by Crippen LogP contribution is 1.56. The van der Waals surface area contributed by atoms with Gasteiger partial charge in [-0.15, -0.1) is 0 Å². The van der Waals surface area contributed by atoms with E-state index in [1.807, 2.05) is 0 Å². The van der Waals surface area contributed by atoms with E-state index in [1.165, 1.54) is 0 Å². The van der Waals surface area contributed by atoms with Crippen LogP contribution in [-0.4, -0.2) is 8.76 Å². The molecule has 0 aliphatic rings. The van der Waals surface area contributed by atoms with Crippen LogP contribution in [0.1, 0.15) is 0 Å². The van der Waals surface area contributed by atoms with Crippen LogP contribution in [0.15, 0.2) is 4.47 Å². The van der Waals surface area contributed by atoms with Gasteiger partial charge in [-0.05, 0) is 0 Å². The first-order valence-corrected chi connectivity index (χ1v) is 2.43. The van der Waals surface area contributed by atoms with Gasteiger partial charge >= 0.3 is 0 Å². The fourth-order valence-electron chi connectivity index (χ4n) is 0.0319.